The number of benzene rings is 2. The first-order valence-electron chi connectivity index (χ1n) is 10.7. The van der Waals surface area contributed by atoms with Gasteiger partial charge in [0, 0.05) is 22.5 Å². The van der Waals surface area contributed by atoms with Gasteiger partial charge in [-0.2, -0.15) is 0 Å². The Hall–Kier alpha value is -2.11. The molecule has 0 aliphatic carbocycles. The summed E-state index contributed by atoms with van der Waals surface area (Å²) < 4.78 is 12.6. The zero-order valence-electron chi connectivity index (χ0n) is 19.5. The zero-order valence-corrected chi connectivity index (χ0v) is 19.5. The molecule has 1 saturated heterocycles. The molecule has 1 aliphatic rings. The quantitative estimate of drug-likeness (QED) is 0.716. The number of hydrogen-bond donors (Lipinski definition) is 1. The molecule has 1 atom stereocenters. The van der Waals surface area contributed by atoms with E-state index in [0.717, 1.165) is 16.7 Å². The molecule has 1 unspecified atom stereocenters. The molecule has 0 bridgehead atoms. The Morgan fingerprint density at radius 2 is 1.50 bits per heavy atom. The molecule has 4 nitrogen and oxygen atoms in total. The van der Waals surface area contributed by atoms with E-state index in [-0.39, 0.29) is 11.8 Å². The van der Waals surface area contributed by atoms with E-state index in [1.54, 1.807) is 0 Å². The normalized spacial score (nSPS) is 18.9. The largest absolute Gasteiger partial charge is 0.496 e. The van der Waals surface area contributed by atoms with E-state index in [2.05, 4.69) is 48.6 Å². The highest BCUT2D eigenvalue weighted by molar-refractivity contribution is 6.64. The molecule has 1 heterocycles. The number of amides is 1. The molecule has 0 spiro atoms. The standard InChI is InChI=1S/C25H34BNO3/c1-17(18-12-10-9-11-13-18)19-14-15-21(27-22(28)23(2,3)4)20(16-19)26-29-24(5,6)25(7,8)30-26/h9-17H,1-8H3,(H,27,28). The highest BCUT2D eigenvalue weighted by Crippen LogP contribution is 2.37. The summed E-state index contributed by atoms with van der Waals surface area (Å²) in [7, 11) is -0.548. The molecule has 0 saturated carbocycles. The fourth-order valence-electron chi connectivity index (χ4n) is 3.37. The van der Waals surface area contributed by atoms with E-state index >= 15 is 0 Å². The number of carbonyl (C=O) groups excluding carboxylic acids is 1. The summed E-state index contributed by atoms with van der Waals surface area (Å²) >= 11 is 0. The zero-order chi connectivity index (χ0) is 22.3. The molecule has 0 radical (unpaired) electrons. The molecular weight excluding hydrogens is 373 g/mol. The number of anilines is 1. The third kappa shape index (κ3) is 4.47. The van der Waals surface area contributed by atoms with Gasteiger partial charge in [-0.1, -0.05) is 70.2 Å². The van der Waals surface area contributed by atoms with Gasteiger partial charge in [0.1, 0.15) is 0 Å². The smallest absolute Gasteiger partial charge is 0.399 e. The topological polar surface area (TPSA) is 47.6 Å². The Kier molecular flexibility index (Phi) is 5.92. The van der Waals surface area contributed by atoms with Crippen LogP contribution in [0.5, 0.6) is 0 Å². The molecule has 1 fully saturated rings. The third-order valence-electron chi connectivity index (χ3n) is 6.31. The van der Waals surface area contributed by atoms with Gasteiger partial charge in [0.15, 0.2) is 0 Å². The van der Waals surface area contributed by atoms with Gasteiger partial charge >= 0.3 is 7.12 Å². The van der Waals surface area contributed by atoms with Crippen LogP contribution in [0.2, 0.25) is 0 Å². The third-order valence-corrected chi connectivity index (χ3v) is 6.31. The van der Waals surface area contributed by atoms with Crippen molar-refractivity contribution in [3.05, 3.63) is 59.7 Å². The molecule has 160 valence electrons. The Morgan fingerprint density at radius 3 is 2.03 bits per heavy atom. The average Bonchev–Trinajstić information content (AvgIpc) is 2.88. The first kappa shape index (κ1) is 22.6. The summed E-state index contributed by atoms with van der Waals surface area (Å²) in [6.45, 7) is 16.1. The molecule has 3 rings (SSSR count). The van der Waals surface area contributed by atoms with Gasteiger partial charge in [-0.3, -0.25) is 4.79 Å². The van der Waals surface area contributed by atoms with Crippen LogP contribution in [0.25, 0.3) is 0 Å². The van der Waals surface area contributed by atoms with E-state index in [1.165, 1.54) is 5.56 Å². The molecule has 1 aliphatic heterocycles. The minimum atomic E-state index is -0.548. The fraction of sp³-hybridized carbons (Fsp3) is 0.480. The van der Waals surface area contributed by atoms with Crippen molar-refractivity contribution in [3.63, 3.8) is 0 Å². The number of hydrogen-bond acceptors (Lipinski definition) is 3. The Labute approximate surface area is 181 Å². The monoisotopic (exact) mass is 407 g/mol. The number of rotatable bonds is 4. The van der Waals surface area contributed by atoms with Crippen LogP contribution in [0.3, 0.4) is 0 Å². The van der Waals surface area contributed by atoms with Crippen molar-refractivity contribution in [2.75, 3.05) is 5.32 Å². The molecule has 1 amide bonds. The van der Waals surface area contributed by atoms with Crippen molar-refractivity contribution in [2.45, 2.75) is 72.5 Å². The predicted octanol–water partition coefficient (Wildman–Crippen LogP) is 5.12. The first-order chi connectivity index (χ1) is 13.8. The van der Waals surface area contributed by atoms with Crippen molar-refractivity contribution in [3.8, 4) is 0 Å². The molecular formula is C25H34BNO3. The summed E-state index contributed by atoms with van der Waals surface area (Å²) in [5.74, 6) is 0.170. The summed E-state index contributed by atoms with van der Waals surface area (Å²) in [5.41, 5.74) is 2.57. The maximum Gasteiger partial charge on any atom is 0.496 e. The highest BCUT2D eigenvalue weighted by Gasteiger charge is 2.52. The van der Waals surface area contributed by atoms with Crippen LogP contribution >= 0.6 is 0 Å². The average molecular weight is 407 g/mol. The fourth-order valence-corrected chi connectivity index (χ4v) is 3.37. The van der Waals surface area contributed by atoms with E-state index in [0.29, 0.717) is 0 Å². The molecule has 30 heavy (non-hydrogen) atoms. The first-order valence-corrected chi connectivity index (χ1v) is 10.7. The Morgan fingerprint density at radius 1 is 0.933 bits per heavy atom. The second kappa shape index (κ2) is 7.86. The minimum Gasteiger partial charge on any atom is -0.399 e. The number of nitrogens with one attached hydrogen (secondary N) is 1. The van der Waals surface area contributed by atoms with Gasteiger partial charge in [0.05, 0.1) is 11.2 Å². The Balaban J connectivity index is 2.02. The molecule has 5 heteroatoms. The van der Waals surface area contributed by atoms with Crippen LogP contribution < -0.4 is 10.8 Å². The predicted molar refractivity (Wildman–Crippen MR) is 124 cm³/mol. The summed E-state index contributed by atoms with van der Waals surface area (Å²) in [4.78, 5) is 12.7. The molecule has 2 aromatic rings. The molecule has 0 aromatic heterocycles. The number of carbonyl (C=O) groups is 1. The van der Waals surface area contributed by atoms with Crippen molar-refractivity contribution >= 4 is 24.2 Å². The van der Waals surface area contributed by atoms with Crippen molar-refractivity contribution in [2.24, 2.45) is 5.41 Å². The van der Waals surface area contributed by atoms with Gasteiger partial charge in [0.25, 0.3) is 0 Å². The molecule has 2 aromatic carbocycles. The van der Waals surface area contributed by atoms with Crippen LogP contribution in [0, 0.1) is 5.41 Å². The van der Waals surface area contributed by atoms with Gasteiger partial charge in [-0.15, -0.1) is 0 Å². The van der Waals surface area contributed by atoms with E-state index in [9.17, 15) is 4.79 Å². The minimum absolute atomic E-state index is 0.0378. The second-order valence-electron chi connectivity index (χ2n) is 10.3. The van der Waals surface area contributed by atoms with Crippen LogP contribution in [0.1, 0.15) is 72.4 Å². The van der Waals surface area contributed by atoms with E-state index in [1.807, 2.05) is 60.6 Å². The summed E-state index contributed by atoms with van der Waals surface area (Å²) in [5, 5.41) is 3.09. The Bertz CT molecular complexity index is 900. The van der Waals surface area contributed by atoms with Crippen LogP contribution in [0.4, 0.5) is 5.69 Å². The molecule has 1 N–H and O–H groups in total. The lowest BCUT2D eigenvalue weighted by molar-refractivity contribution is -0.123. The maximum absolute atomic E-state index is 12.7. The van der Waals surface area contributed by atoms with Crippen LogP contribution in [-0.2, 0) is 14.1 Å². The van der Waals surface area contributed by atoms with Crippen molar-refractivity contribution < 1.29 is 14.1 Å². The van der Waals surface area contributed by atoms with Gasteiger partial charge in [0.2, 0.25) is 5.91 Å². The lowest BCUT2D eigenvalue weighted by atomic mass is 9.75. The van der Waals surface area contributed by atoms with Crippen LogP contribution in [-0.4, -0.2) is 24.2 Å². The highest BCUT2D eigenvalue weighted by atomic mass is 16.7. The van der Waals surface area contributed by atoms with Gasteiger partial charge < -0.3 is 14.6 Å². The van der Waals surface area contributed by atoms with Crippen molar-refractivity contribution in [1.82, 2.24) is 0 Å². The lowest BCUT2D eigenvalue weighted by Gasteiger charge is -2.32. The lowest BCUT2D eigenvalue weighted by Crippen LogP contribution is -2.41. The SMILES string of the molecule is CC(c1ccccc1)c1ccc(NC(=O)C(C)(C)C)c(B2OC(C)(C)C(C)(C)O2)c1. The van der Waals surface area contributed by atoms with Crippen LogP contribution in [0.15, 0.2) is 48.5 Å². The van der Waals surface area contributed by atoms with E-state index in [4.69, 9.17) is 9.31 Å². The van der Waals surface area contributed by atoms with Gasteiger partial charge in [-0.25, -0.2) is 0 Å². The maximum atomic E-state index is 12.7. The van der Waals surface area contributed by atoms with Gasteiger partial charge in [-0.05, 0) is 44.9 Å². The van der Waals surface area contributed by atoms with E-state index < -0.39 is 23.7 Å². The summed E-state index contributed by atoms with van der Waals surface area (Å²) in [6, 6.07) is 16.6. The second-order valence-corrected chi connectivity index (χ2v) is 10.3. The van der Waals surface area contributed by atoms with Crippen molar-refractivity contribution in [1.29, 1.82) is 0 Å². The summed E-state index contributed by atoms with van der Waals surface area (Å²) in [6.07, 6.45) is 0.